The Morgan fingerprint density at radius 2 is 2.05 bits per heavy atom. The number of ether oxygens (including phenoxy) is 3. The molecular weight excluding hydrogens is 580 g/mol. The lowest BCUT2D eigenvalue weighted by Crippen LogP contribution is -2.34. The largest absolute Gasteiger partial charge is 0.496 e. The number of hydrogen-bond acceptors (Lipinski definition) is 8. The number of hydrogen-bond donors (Lipinski definition) is 1. The number of piperidine rings is 1. The van der Waals surface area contributed by atoms with Crippen molar-refractivity contribution in [3.63, 3.8) is 0 Å². The van der Waals surface area contributed by atoms with Gasteiger partial charge in [0.15, 0.2) is 11.3 Å². The zero-order valence-electron chi connectivity index (χ0n) is 28.6. The molecule has 10 heteroatoms. The van der Waals surface area contributed by atoms with Crippen molar-refractivity contribution >= 4 is 34.8 Å². The predicted molar refractivity (Wildman–Crippen MR) is 169 cm³/mol. The molecule has 2 aliphatic heterocycles. The lowest BCUT2D eigenvalue weighted by atomic mass is 9.87. The Hall–Kier alpha value is -3.92. The molecule has 0 amide bonds. The second-order valence-electron chi connectivity index (χ2n) is 11.1. The molecule has 0 saturated carbocycles. The van der Waals surface area contributed by atoms with E-state index in [-0.39, 0.29) is 27.9 Å². The van der Waals surface area contributed by atoms with Crippen LogP contribution in [0.2, 0.25) is 5.02 Å². The first-order chi connectivity index (χ1) is 22.9. The third kappa shape index (κ3) is 6.04. The quantitative estimate of drug-likeness (QED) is 0.222. The number of benzene rings is 2. The summed E-state index contributed by atoms with van der Waals surface area (Å²) >= 11 is 6.16. The van der Waals surface area contributed by atoms with E-state index in [1.807, 2.05) is 35.8 Å². The molecule has 1 saturated heterocycles. The number of rotatable bonds is 9. The van der Waals surface area contributed by atoms with Crippen LogP contribution in [0.4, 0.5) is 0 Å². The van der Waals surface area contributed by atoms with E-state index in [9.17, 15) is 11.3 Å². The summed E-state index contributed by atoms with van der Waals surface area (Å²) in [7, 11) is -1.42. The van der Waals surface area contributed by atoms with E-state index in [0.29, 0.717) is 36.4 Å². The van der Waals surface area contributed by atoms with Crippen molar-refractivity contribution in [1.82, 2.24) is 19.4 Å². The first kappa shape index (κ1) is 25.4. The molecule has 9 nitrogen and oxygen atoms in total. The maximum absolute atomic E-state index is 12.2. The average Bonchev–Trinajstić information content (AvgIpc) is 3.39. The minimum absolute atomic E-state index is 0.0365. The van der Waals surface area contributed by atoms with E-state index in [2.05, 4.69) is 9.88 Å². The molecule has 0 radical (unpaired) electrons. The van der Waals surface area contributed by atoms with E-state index < -0.39 is 25.2 Å². The van der Waals surface area contributed by atoms with Crippen molar-refractivity contribution in [3.05, 3.63) is 87.8 Å². The number of aromatic nitrogens is 3. The minimum atomic E-state index is -2.73. The van der Waals surface area contributed by atoms with Gasteiger partial charge >= 0.3 is 5.97 Å². The number of esters is 1. The van der Waals surface area contributed by atoms with Crippen LogP contribution in [0.5, 0.6) is 11.5 Å². The van der Waals surface area contributed by atoms with Crippen LogP contribution >= 0.6 is 11.6 Å². The van der Waals surface area contributed by atoms with Crippen LogP contribution in [0.3, 0.4) is 0 Å². The number of fused-ring (bicyclic) bond motifs is 2. The molecule has 2 aromatic carbocycles. The number of aliphatic hydroxyl groups is 1. The molecule has 0 aliphatic carbocycles. The van der Waals surface area contributed by atoms with Gasteiger partial charge in [-0.25, -0.2) is 14.8 Å². The van der Waals surface area contributed by atoms with Crippen LogP contribution in [0.15, 0.2) is 54.6 Å². The molecule has 230 valence electrons. The molecule has 1 fully saturated rings. The lowest BCUT2D eigenvalue weighted by Gasteiger charge is -2.34. The van der Waals surface area contributed by atoms with Gasteiger partial charge in [0.25, 0.3) is 0 Å². The van der Waals surface area contributed by atoms with Crippen molar-refractivity contribution in [1.29, 1.82) is 0 Å². The fourth-order valence-corrected chi connectivity index (χ4v) is 6.07. The zero-order chi connectivity index (χ0) is 34.2. The Morgan fingerprint density at radius 3 is 2.82 bits per heavy atom. The molecule has 0 unspecified atom stereocenters. The monoisotopic (exact) mass is 620 g/mol. The number of para-hydroxylation sites is 1. The molecular formula is C34H37ClN4O5. The van der Waals surface area contributed by atoms with Crippen molar-refractivity contribution in [2.45, 2.75) is 57.4 Å². The lowest BCUT2D eigenvalue weighted by molar-refractivity contribution is 0.0594. The molecule has 2 aromatic heterocycles. The Balaban J connectivity index is 1.21. The van der Waals surface area contributed by atoms with Crippen LogP contribution in [0, 0.1) is 0 Å². The number of likely N-dealkylation sites (tertiary alicyclic amines) is 1. The number of carbonyl (C=O) groups is 1. The molecule has 4 aromatic rings. The highest BCUT2D eigenvalue weighted by Crippen LogP contribution is 2.43. The van der Waals surface area contributed by atoms with Crippen LogP contribution in [0.25, 0.3) is 17.2 Å². The van der Waals surface area contributed by atoms with Gasteiger partial charge in [0.2, 0.25) is 0 Å². The second kappa shape index (κ2) is 13.0. The molecule has 2 atom stereocenters. The molecule has 6 rings (SSSR count). The number of carbonyl (C=O) groups excluding carboxylic acids is 1. The summed E-state index contributed by atoms with van der Waals surface area (Å²) in [5.74, 6) is 0.928. The third-order valence-corrected chi connectivity index (χ3v) is 8.58. The molecule has 1 N–H and O–H groups in total. The van der Waals surface area contributed by atoms with Gasteiger partial charge in [-0.1, -0.05) is 42.8 Å². The van der Waals surface area contributed by atoms with Gasteiger partial charge < -0.3 is 23.9 Å². The minimum Gasteiger partial charge on any atom is -0.496 e. The van der Waals surface area contributed by atoms with Gasteiger partial charge in [-0.3, -0.25) is 4.90 Å². The van der Waals surface area contributed by atoms with Crippen LogP contribution < -0.4 is 9.47 Å². The Labute approximate surface area is 267 Å². The van der Waals surface area contributed by atoms with Crippen LogP contribution in [-0.2, 0) is 17.8 Å². The van der Waals surface area contributed by atoms with Crippen molar-refractivity contribution in [2.24, 2.45) is 0 Å². The summed E-state index contributed by atoms with van der Waals surface area (Å²) in [6.45, 7) is 4.29. The first-order valence-electron chi connectivity index (χ1n) is 16.7. The molecule has 4 heterocycles. The molecule has 2 aliphatic rings. The summed E-state index contributed by atoms with van der Waals surface area (Å²) in [5, 5.41) is 10.8. The highest BCUT2D eigenvalue weighted by molar-refractivity contribution is 6.30. The SMILES string of the molecule is [2H]C([2H])([2H])Oc1cc(Cl)ccc1[C@@]1([2H])C=Cc2cccc(C3CCN(Cc4nc5ccc(C(=O)OC)nc5n4C[C@@H](O)CC)CC3)c2O1. The van der Waals surface area contributed by atoms with Gasteiger partial charge in [-0.2, -0.15) is 0 Å². The summed E-state index contributed by atoms with van der Waals surface area (Å²) < 4.78 is 50.5. The molecule has 0 bridgehead atoms. The van der Waals surface area contributed by atoms with E-state index in [1.54, 1.807) is 30.3 Å². The van der Waals surface area contributed by atoms with E-state index >= 15 is 0 Å². The van der Waals surface area contributed by atoms with E-state index in [0.717, 1.165) is 42.9 Å². The fourth-order valence-electron chi connectivity index (χ4n) is 5.90. The third-order valence-electron chi connectivity index (χ3n) is 8.34. The van der Waals surface area contributed by atoms with Crippen molar-refractivity contribution in [2.75, 3.05) is 27.2 Å². The number of pyridine rings is 1. The summed E-state index contributed by atoms with van der Waals surface area (Å²) in [4.78, 5) is 23.8. The van der Waals surface area contributed by atoms with Gasteiger partial charge in [0.05, 0.1) is 38.8 Å². The standard InChI is InChI=1S/C34H37ClN4O5/c1-4-24(40)19-39-31(36-27-11-12-28(34(41)43-3)37-33(27)39)20-38-16-14-21(15-17-38)25-7-5-6-22-8-13-29(44-32(22)25)26-10-9-23(35)18-30(26)42-2/h5-13,18,21,24,29,40H,4,14-17,19-20H2,1-3H3/t24-,29+/m0/s1/i2D3,29D. The van der Waals surface area contributed by atoms with Gasteiger partial charge in [0.1, 0.15) is 28.9 Å². The summed E-state index contributed by atoms with van der Waals surface area (Å²) in [6.07, 6.45) is 3.29. The van der Waals surface area contributed by atoms with Gasteiger partial charge in [-0.05, 0) is 80.2 Å². The van der Waals surface area contributed by atoms with Gasteiger partial charge in [-0.15, -0.1) is 0 Å². The zero-order valence-corrected chi connectivity index (χ0v) is 25.4. The highest BCUT2D eigenvalue weighted by Gasteiger charge is 2.29. The Kier molecular flexibility index (Phi) is 7.50. The summed E-state index contributed by atoms with van der Waals surface area (Å²) in [6, 6.07) is 13.8. The molecule has 0 spiro atoms. The van der Waals surface area contributed by atoms with E-state index in [1.165, 1.54) is 13.2 Å². The smallest absolute Gasteiger partial charge is 0.356 e. The van der Waals surface area contributed by atoms with E-state index in [4.69, 9.17) is 34.9 Å². The number of halogens is 1. The van der Waals surface area contributed by atoms with Gasteiger partial charge in [0, 0.05) is 16.1 Å². The predicted octanol–water partition coefficient (Wildman–Crippen LogP) is 6.18. The normalized spacial score (nSPS) is 21.0. The second-order valence-corrected chi connectivity index (χ2v) is 11.5. The number of imidazole rings is 1. The number of aliphatic hydroxyl groups excluding tert-OH is 1. The van der Waals surface area contributed by atoms with Crippen molar-refractivity contribution in [3.8, 4) is 11.5 Å². The summed E-state index contributed by atoms with van der Waals surface area (Å²) in [5.41, 5.74) is 3.41. The maximum Gasteiger partial charge on any atom is 0.356 e. The number of methoxy groups -OCH3 is 2. The fraction of sp³-hybridized carbons (Fsp3) is 0.382. The topological polar surface area (TPSA) is 98.9 Å². The number of nitrogens with zero attached hydrogens (tertiary/aromatic N) is 4. The van der Waals surface area contributed by atoms with Crippen LogP contribution in [-0.4, -0.2) is 63.9 Å². The van der Waals surface area contributed by atoms with Crippen molar-refractivity contribution < 1.29 is 29.6 Å². The highest BCUT2D eigenvalue weighted by atomic mass is 35.5. The Morgan fingerprint density at radius 1 is 1.20 bits per heavy atom. The van der Waals surface area contributed by atoms with Crippen LogP contribution in [0.1, 0.15) is 76.7 Å². The maximum atomic E-state index is 12.2. The first-order valence-corrected chi connectivity index (χ1v) is 15.1. The average molecular weight is 621 g/mol. The Bertz CT molecular complexity index is 1860. The molecule has 44 heavy (non-hydrogen) atoms.